The Balaban J connectivity index is 2.29. The first kappa shape index (κ1) is 18.5. The minimum absolute atomic E-state index is 0.148. The first-order valence-corrected chi connectivity index (χ1v) is 9.88. The molecule has 132 valence electrons. The molecule has 0 aromatic heterocycles. The molecular formula is C20H21Br2NO2. The molecule has 0 saturated carbocycles. The number of phenols is 1. The molecule has 1 aliphatic rings. The lowest BCUT2D eigenvalue weighted by Crippen LogP contribution is -2.41. The van der Waals surface area contributed by atoms with Crippen LogP contribution in [0.2, 0.25) is 0 Å². The van der Waals surface area contributed by atoms with Gasteiger partial charge in [-0.05, 0) is 64.7 Å². The summed E-state index contributed by atoms with van der Waals surface area (Å²) in [6.07, 6.45) is 0.514. The Kier molecular flexibility index (Phi) is 4.75. The van der Waals surface area contributed by atoms with Gasteiger partial charge < -0.3 is 10.0 Å². The van der Waals surface area contributed by atoms with Crippen molar-refractivity contribution in [2.45, 2.75) is 39.5 Å². The van der Waals surface area contributed by atoms with Crippen LogP contribution in [0.3, 0.4) is 0 Å². The van der Waals surface area contributed by atoms with E-state index in [0.717, 1.165) is 26.9 Å². The van der Waals surface area contributed by atoms with Gasteiger partial charge >= 0.3 is 0 Å². The average molecular weight is 467 g/mol. The summed E-state index contributed by atoms with van der Waals surface area (Å²) in [5.41, 5.74) is 4.69. The van der Waals surface area contributed by atoms with Crippen LogP contribution in [-0.4, -0.2) is 17.6 Å². The van der Waals surface area contributed by atoms with Gasteiger partial charge in [0.1, 0.15) is 5.75 Å². The van der Waals surface area contributed by atoms with Gasteiger partial charge in [0.05, 0.1) is 4.47 Å². The first-order chi connectivity index (χ1) is 11.7. The van der Waals surface area contributed by atoms with Crippen LogP contribution in [0.1, 0.15) is 38.3 Å². The third kappa shape index (κ3) is 3.13. The van der Waals surface area contributed by atoms with Gasteiger partial charge in [-0.3, -0.25) is 4.79 Å². The molecular weight excluding hydrogens is 446 g/mol. The second kappa shape index (κ2) is 6.44. The highest BCUT2D eigenvalue weighted by Gasteiger charge is 2.36. The van der Waals surface area contributed by atoms with Gasteiger partial charge in [-0.15, -0.1) is 0 Å². The lowest BCUT2D eigenvalue weighted by Gasteiger charge is -2.39. The predicted octanol–water partition coefficient (Wildman–Crippen LogP) is 5.93. The predicted molar refractivity (Wildman–Crippen MR) is 109 cm³/mol. The minimum Gasteiger partial charge on any atom is -0.506 e. The monoisotopic (exact) mass is 465 g/mol. The number of aryl methyl sites for hydroxylation is 1. The molecule has 0 unspecified atom stereocenters. The molecule has 1 heterocycles. The zero-order chi connectivity index (χ0) is 18.5. The normalized spacial score (nSPS) is 16.1. The lowest BCUT2D eigenvalue weighted by molar-refractivity contribution is -0.120. The summed E-state index contributed by atoms with van der Waals surface area (Å²) in [5.74, 6) is 0.352. The van der Waals surface area contributed by atoms with Gasteiger partial charge in [0, 0.05) is 34.1 Å². The van der Waals surface area contributed by atoms with E-state index in [1.165, 1.54) is 5.56 Å². The maximum absolute atomic E-state index is 12.6. The Bertz CT molecular complexity index is 874. The Labute approximate surface area is 165 Å². The Morgan fingerprint density at radius 1 is 1.16 bits per heavy atom. The van der Waals surface area contributed by atoms with E-state index in [1.54, 1.807) is 0 Å². The Hall–Kier alpha value is -1.33. The topological polar surface area (TPSA) is 40.5 Å². The number of fused-ring (bicyclic) bond motifs is 1. The van der Waals surface area contributed by atoms with E-state index in [-0.39, 0.29) is 17.1 Å². The molecule has 2 aromatic carbocycles. The summed E-state index contributed by atoms with van der Waals surface area (Å²) in [4.78, 5) is 14.4. The van der Waals surface area contributed by atoms with Gasteiger partial charge in [0.2, 0.25) is 5.91 Å². The van der Waals surface area contributed by atoms with E-state index in [1.807, 2.05) is 36.9 Å². The number of hydrogen-bond acceptors (Lipinski definition) is 2. The maximum Gasteiger partial charge on any atom is 0.227 e. The molecule has 0 radical (unpaired) electrons. The van der Waals surface area contributed by atoms with Crippen LogP contribution in [0.4, 0.5) is 5.69 Å². The first-order valence-electron chi connectivity index (χ1n) is 8.29. The summed E-state index contributed by atoms with van der Waals surface area (Å²) in [7, 11) is 0. The molecule has 5 heteroatoms. The number of nitrogens with zero attached hydrogens (tertiary/aromatic N) is 1. The second-order valence-corrected chi connectivity index (χ2v) is 8.94. The highest BCUT2D eigenvalue weighted by Crippen LogP contribution is 2.46. The summed E-state index contributed by atoms with van der Waals surface area (Å²) < 4.78 is 1.52. The third-order valence-electron chi connectivity index (χ3n) is 4.89. The molecule has 3 nitrogen and oxygen atoms in total. The van der Waals surface area contributed by atoms with E-state index < -0.39 is 0 Å². The molecule has 3 rings (SSSR count). The quantitative estimate of drug-likeness (QED) is 0.596. The van der Waals surface area contributed by atoms with Crippen LogP contribution in [-0.2, 0) is 10.2 Å². The fraction of sp³-hybridized carbons (Fsp3) is 0.350. The van der Waals surface area contributed by atoms with Crippen LogP contribution < -0.4 is 4.90 Å². The van der Waals surface area contributed by atoms with Crippen molar-refractivity contribution in [3.63, 3.8) is 0 Å². The van der Waals surface area contributed by atoms with Crippen LogP contribution >= 0.6 is 31.9 Å². The Morgan fingerprint density at radius 3 is 2.48 bits per heavy atom. The third-order valence-corrected chi connectivity index (χ3v) is 5.95. The van der Waals surface area contributed by atoms with Crippen molar-refractivity contribution in [2.24, 2.45) is 0 Å². The van der Waals surface area contributed by atoms with Crippen molar-refractivity contribution in [1.29, 1.82) is 0 Å². The molecule has 25 heavy (non-hydrogen) atoms. The molecule has 1 amide bonds. The SMILES string of the molecule is CCN1C(=O)CC(C)(C)c2cc(C)c(-c3cc(Br)cc(Br)c3O)cc21. The standard InChI is InChI=1S/C20H21Br2NO2/c1-5-23-17-9-13(14-7-12(21)8-16(22)19(14)25)11(2)6-15(17)20(3,4)10-18(23)24/h6-9,25H,5,10H2,1-4H3. The van der Waals surface area contributed by atoms with Gasteiger partial charge in [-0.25, -0.2) is 0 Å². The smallest absolute Gasteiger partial charge is 0.227 e. The largest absolute Gasteiger partial charge is 0.506 e. The number of halogens is 2. The molecule has 1 aliphatic heterocycles. The fourth-order valence-corrected chi connectivity index (χ4v) is 4.80. The number of benzene rings is 2. The zero-order valence-corrected chi connectivity index (χ0v) is 18.0. The number of rotatable bonds is 2. The second-order valence-electron chi connectivity index (χ2n) is 7.17. The van der Waals surface area contributed by atoms with Gasteiger partial charge in [-0.1, -0.05) is 35.8 Å². The number of amides is 1. The molecule has 2 aromatic rings. The van der Waals surface area contributed by atoms with Crippen molar-refractivity contribution in [3.8, 4) is 16.9 Å². The van der Waals surface area contributed by atoms with Crippen molar-refractivity contribution >= 4 is 43.5 Å². The molecule has 1 N–H and O–H groups in total. The summed E-state index contributed by atoms with van der Waals surface area (Å²) in [6.45, 7) is 8.91. The van der Waals surface area contributed by atoms with Gasteiger partial charge in [-0.2, -0.15) is 0 Å². The zero-order valence-electron chi connectivity index (χ0n) is 14.8. The van der Waals surface area contributed by atoms with E-state index in [9.17, 15) is 9.90 Å². The Morgan fingerprint density at radius 2 is 1.84 bits per heavy atom. The van der Waals surface area contributed by atoms with Gasteiger partial charge in [0.15, 0.2) is 0 Å². The number of aromatic hydroxyl groups is 1. The highest BCUT2D eigenvalue weighted by molar-refractivity contribution is 9.11. The minimum atomic E-state index is -0.193. The number of hydrogen-bond donors (Lipinski definition) is 1. The molecule has 0 saturated heterocycles. The van der Waals surface area contributed by atoms with Crippen LogP contribution in [0.15, 0.2) is 33.2 Å². The summed E-state index contributed by atoms with van der Waals surface area (Å²) >= 11 is 6.89. The van der Waals surface area contributed by atoms with E-state index in [0.29, 0.717) is 17.4 Å². The van der Waals surface area contributed by atoms with Crippen LogP contribution in [0.25, 0.3) is 11.1 Å². The van der Waals surface area contributed by atoms with Crippen LogP contribution in [0, 0.1) is 6.92 Å². The molecule has 0 spiro atoms. The number of anilines is 1. The fourth-order valence-electron chi connectivity index (χ4n) is 3.57. The highest BCUT2D eigenvalue weighted by atomic mass is 79.9. The summed E-state index contributed by atoms with van der Waals surface area (Å²) in [5, 5.41) is 10.5. The number of carbonyl (C=O) groups is 1. The molecule has 0 atom stereocenters. The van der Waals surface area contributed by atoms with E-state index >= 15 is 0 Å². The van der Waals surface area contributed by atoms with Gasteiger partial charge in [0.25, 0.3) is 0 Å². The lowest BCUT2D eigenvalue weighted by atomic mass is 9.75. The number of carbonyl (C=O) groups excluding carboxylic acids is 1. The van der Waals surface area contributed by atoms with Crippen molar-refractivity contribution in [2.75, 3.05) is 11.4 Å². The van der Waals surface area contributed by atoms with Crippen molar-refractivity contribution in [1.82, 2.24) is 0 Å². The maximum atomic E-state index is 12.6. The average Bonchev–Trinajstić information content (AvgIpc) is 2.51. The molecule has 0 bridgehead atoms. The summed E-state index contributed by atoms with van der Waals surface area (Å²) in [6, 6.07) is 7.92. The van der Waals surface area contributed by atoms with Crippen LogP contribution in [0.5, 0.6) is 5.75 Å². The van der Waals surface area contributed by atoms with Crippen molar-refractivity contribution < 1.29 is 9.90 Å². The van der Waals surface area contributed by atoms with E-state index in [2.05, 4.69) is 51.8 Å². The molecule has 0 fully saturated rings. The van der Waals surface area contributed by atoms with Crippen molar-refractivity contribution in [3.05, 3.63) is 44.3 Å². The van der Waals surface area contributed by atoms with E-state index in [4.69, 9.17) is 0 Å². The molecule has 0 aliphatic carbocycles. The number of phenolic OH excluding ortho intramolecular Hbond substituents is 1.